The molecule has 0 heterocycles. The molecule has 4 nitrogen and oxygen atoms in total. The van der Waals surface area contributed by atoms with E-state index in [0.29, 0.717) is 16.7 Å². The molecule has 1 aliphatic rings. The Kier molecular flexibility index (Phi) is 4.08. The van der Waals surface area contributed by atoms with Crippen LogP contribution in [0.3, 0.4) is 0 Å². The van der Waals surface area contributed by atoms with Gasteiger partial charge >= 0.3 is 5.97 Å². The number of carbonyl (C=O) groups is 2. The van der Waals surface area contributed by atoms with Crippen LogP contribution in [0, 0.1) is 19.3 Å². The quantitative estimate of drug-likeness (QED) is 0.897. The maximum Gasteiger partial charge on any atom is 0.336 e. The summed E-state index contributed by atoms with van der Waals surface area (Å²) in [6, 6.07) is 3.68. The van der Waals surface area contributed by atoms with Gasteiger partial charge in [0, 0.05) is 6.04 Å². The first-order chi connectivity index (χ1) is 9.71. The van der Waals surface area contributed by atoms with E-state index in [1.807, 2.05) is 0 Å². The molecular formula is C17H23NO3. The van der Waals surface area contributed by atoms with E-state index >= 15 is 0 Å². The molecule has 2 N–H and O–H groups in total. The molecule has 0 radical (unpaired) electrons. The van der Waals surface area contributed by atoms with Gasteiger partial charge in [0.2, 0.25) is 0 Å². The van der Waals surface area contributed by atoms with Gasteiger partial charge in [0.05, 0.1) is 11.1 Å². The zero-order valence-corrected chi connectivity index (χ0v) is 13.1. The van der Waals surface area contributed by atoms with Crippen molar-refractivity contribution >= 4 is 11.9 Å². The van der Waals surface area contributed by atoms with E-state index in [4.69, 9.17) is 0 Å². The molecule has 1 amide bonds. The van der Waals surface area contributed by atoms with Gasteiger partial charge in [0.25, 0.3) is 5.91 Å². The summed E-state index contributed by atoms with van der Waals surface area (Å²) in [6.45, 7) is 7.89. The van der Waals surface area contributed by atoms with Gasteiger partial charge in [0.15, 0.2) is 0 Å². The Morgan fingerprint density at radius 1 is 1.19 bits per heavy atom. The maximum absolute atomic E-state index is 12.5. The van der Waals surface area contributed by atoms with Crippen LogP contribution in [0.5, 0.6) is 0 Å². The molecular weight excluding hydrogens is 266 g/mol. The summed E-state index contributed by atoms with van der Waals surface area (Å²) in [4.78, 5) is 24.0. The van der Waals surface area contributed by atoms with Gasteiger partial charge in [-0.1, -0.05) is 26.0 Å². The Hall–Kier alpha value is -1.84. The third kappa shape index (κ3) is 3.26. The number of aromatic carboxylic acids is 1. The molecule has 114 valence electrons. The average molecular weight is 289 g/mol. The molecule has 0 aliphatic heterocycles. The number of carbonyl (C=O) groups excluding carboxylic acids is 1. The summed E-state index contributed by atoms with van der Waals surface area (Å²) in [7, 11) is 0. The summed E-state index contributed by atoms with van der Waals surface area (Å²) >= 11 is 0. The van der Waals surface area contributed by atoms with Crippen LogP contribution in [0.15, 0.2) is 12.1 Å². The van der Waals surface area contributed by atoms with Gasteiger partial charge in [-0.2, -0.15) is 0 Å². The highest BCUT2D eigenvalue weighted by atomic mass is 16.4. The van der Waals surface area contributed by atoms with Crippen LogP contribution >= 0.6 is 0 Å². The highest BCUT2D eigenvalue weighted by Gasteiger charge is 2.32. The van der Waals surface area contributed by atoms with Crippen LogP contribution in [0.25, 0.3) is 0 Å². The van der Waals surface area contributed by atoms with Crippen LogP contribution in [0.2, 0.25) is 0 Å². The van der Waals surface area contributed by atoms with Gasteiger partial charge in [-0.25, -0.2) is 4.79 Å². The number of hydrogen-bond acceptors (Lipinski definition) is 2. The van der Waals surface area contributed by atoms with Crippen LogP contribution in [0.4, 0.5) is 0 Å². The van der Waals surface area contributed by atoms with Crippen LogP contribution in [-0.2, 0) is 0 Å². The normalized spacial score (nSPS) is 20.3. The average Bonchev–Trinajstić information content (AvgIpc) is 2.70. The lowest BCUT2D eigenvalue weighted by atomic mass is 9.91. The molecule has 1 unspecified atom stereocenters. The number of carboxylic acids is 1. The van der Waals surface area contributed by atoms with Gasteiger partial charge in [-0.05, 0) is 49.7 Å². The molecule has 4 heteroatoms. The molecule has 1 saturated carbocycles. The third-order valence-corrected chi connectivity index (χ3v) is 4.37. The molecule has 0 spiro atoms. The zero-order valence-electron chi connectivity index (χ0n) is 13.1. The Balaban J connectivity index is 2.28. The Labute approximate surface area is 125 Å². The van der Waals surface area contributed by atoms with E-state index in [9.17, 15) is 14.7 Å². The first-order valence-electron chi connectivity index (χ1n) is 7.35. The number of rotatable bonds is 3. The smallest absolute Gasteiger partial charge is 0.336 e. The molecule has 0 saturated heterocycles. The third-order valence-electron chi connectivity index (χ3n) is 4.37. The minimum absolute atomic E-state index is 0.116. The van der Waals surface area contributed by atoms with Crippen molar-refractivity contribution < 1.29 is 14.7 Å². The van der Waals surface area contributed by atoms with E-state index in [0.717, 1.165) is 19.3 Å². The van der Waals surface area contributed by atoms with Crippen molar-refractivity contribution in [3.05, 3.63) is 34.4 Å². The summed E-state index contributed by atoms with van der Waals surface area (Å²) in [6.07, 6.45) is 2.97. The lowest BCUT2D eigenvalue weighted by molar-refractivity contribution is 0.0689. The Morgan fingerprint density at radius 2 is 1.76 bits per heavy atom. The standard InChI is InChI=1S/C17H23NO3/c1-10-5-6-11(2)14(16(20)21)13(10)15(19)18-12-7-8-17(3,4)9-12/h5-6,12H,7-9H2,1-4H3,(H,18,19)(H,20,21). The monoisotopic (exact) mass is 289 g/mol. The molecule has 2 rings (SSSR count). The fourth-order valence-electron chi connectivity index (χ4n) is 3.20. The minimum atomic E-state index is -1.05. The van der Waals surface area contributed by atoms with E-state index < -0.39 is 5.97 Å². The molecule has 1 aromatic carbocycles. The summed E-state index contributed by atoms with van der Waals surface area (Å²) in [5.41, 5.74) is 1.98. The summed E-state index contributed by atoms with van der Waals surface area (Å²) < 4.78 is 0. The van der Waals surface area contributed by atoms with Gasteiger partial charge in [-0.15, -0.1) is 0 Å². The second kappa shape index (κ2) is 5.51. The highest BCUT2D eigenvalue weighted by molar-refractivity contribution is 6.06. The second-order valence-corrected chi connectivity index (χ2v) is 6.83. The molecule has 0 aromatic heterocycles. The van der Waals surface area contributed by atoms with Gasteiger partial charge in [0.1, 0.15) is 0 Å². The Bertz CT molecular complexity index is 590. The summed E-state index contributed by atoms with van der Waals surface area (Å²) in [5.74, 6) is -1.32. The SMILES string of the molecule is Cc1ccc(C)c(C(=O)NC2CCC(C)(C)C2)c1C(=O)O. The van der Waals surface area contributed by atoms with Crippen LogP contribution in [-0.4, -0.2) is 23.0 Å². The summed E-state index contributed by atoms with van der Waals surface area (Å²) in [5, 5.41) is 12.4. The number of aryl methyl sites for hydroxylation is 2. The fourth-order valence-corrected chi connectivity index (χ4v) is 3.20. The molecule has 1 atom stereocenters. The first-order valence-corrected chi connectivity index (χ1v) is 7.35. The van der Waals surface area contributed by atoms with Crippen LogP contribution < -0.4 is 5.32 Å². The number of amides is 1. The molecule has 1 aliphatic carbocycles. The predicted molar refractivity (Wildman–Crippen MR) is 81.8 cm³/mol. The lowest BCUT2D eigenvalue weighted by Crippen LogP contribution is -2.35. The van der Waals surface area contributed by atoms with Crippen LogP contribution in [0.1, 0.15) is 65.0 Å². The van der Waals surface area contributed by atoms with E-state index in [2.05, 4.69) is 19.2 Å². The number of hydrogen-bond donors (Lipinski definition) is 2. The first kappa shape index (κ1) is 15.5. The van der Waals surface area contributed by atoms with E-state index in [-0.39, 0.29) is 22.9 Å². The largest absolute Gasteiger partial charge is 0.478 e. The van der Waals surface area contributed by atoms with Crippen molar-refractivity contribution in [3.63, 3.8) is 0 Å². The van der Waals surface area contributed by atoms with Gasteiger partial charge < -0.3 is 10.4 Å². The molecule has 21 heavy (non-hydrogen) atoms. The Morgan fingerprint density at radius 3 is 2.24 bits per heavy atom. The molecule has 1 aromatic rings. The van der Waals surface area contributed by atoms with Crippen molar-refractivity contribution in [1.82, 2.24) is 5.32 Å². The molecule has 0 bridgehead atoms. The zero-order chi connectivity index (χ0) is 15.8. The fraction of sp³-hybridized carbons (Fsp3) is 0.529. The lowest BCUT2D eigenvalue weighted by Gasteiger charge is -2.19. The number of carboxylic acid groups (broad SMARTS) is 1. The maximum atomic E-state index is 12.5. The molecule has 1 fully saturated rings. The minimum Gasteiger partial charge on any atom is -0.478 e. The van der Waals surface area contributed by atoms with E-state index in [1.165, 1.54) is 0 Å². The van der Waals surface area contributed by atoms with E-state index in [1.54, 1.807) is 26.0 Å². The van der Waals surface area contributed by atoms with Crippen molar-refractivity contribution in [3.8, 4) is 0 Å². The van der Waals surface area contributed by atoms with Crippen molar-refractivity contribution in [2.45, 2.75) is 53.0 Å². The van der Waals surface area contributed by atoms with Gasteiger partial charge in [-0.3, -0.25) is 4.79 Å². The second-order valence-electron chi connectivity index (χ2n) is 6.83. The topological polar surface area (TPSA) is 66.4 Å². The predicted octanol–water partition coefficient (Wildman–Crippen LogP) is 3.31. The van der Waals surface area contributed by atoms with Crippen molar-refractivity contribution in [2.75, 3.05) is 0 Å². The van der Waals surface area contributed by atoms with Crippen molar-refractivity contribution in [1.29, 1.82) is 0 Å². The highest BCUT2D eigenvalue weighted by Crippen LogP contribution is 2.37. The number of nitrogens with one attached hydrogen (secondary N) is 1. The van der Waals surface area contributed by atoms with Crippen molar-refractivity contribution in [2.24, 2.45) is 5.41 Å². The number of benzene rings is 1.